The third-order valence-corrected chi connectivity index (χ3v) is 6.30. The van der Waals surface area contributed by atoms with Crippen LogP contribution in [0.4, 0.5) is 0 Å². The van der Waals surface area contributed by atoms with Crippen LogP contribution in [0.3, 0.4) is 0 Å². The molecule has 1 aliphatic rings. The van der Waals surface area contributed by atoms with Crippen LogP contribution in [0.2, 0.25) is 5.02 Å². The van der Waals surface area contributed by atoms with Crippen LogP contribution in [-0.4, -0.2) is 43.8 Å². The van der Waals surface area contributed by atoms with Crippen molar-refractivity contribution in [1.82, 2.24) is 4.90 Å². The van der Waals surface area contributed by atoms with Gasteiger partial charge in [-0.15, -0.1) is 0 Å². The maximum absolute atomic E-state index is 12.8. The van der Waals surface area contributed by atoms with Crippen LogP contribution >= 0.6 is 11.6 Å². The van der Waals surface area contributed by atoms with Gasteiger partial charge in [0.05, 0.1) is 11.5 Å². The number of halogens is 1. The second kappa shape index (κ2) is 6.57. The summed E-state index contributed by atoms with van der Waals surface area (Å²) in [6.45, 7) is 0. The quantitative estimate of drug-likeness (QED) is 0.841. The van der Waals surface area contributed by atoms with Gasteiger partial charge in [-0.1, -0.05) is 41.9 Å². The number of carbonyl (C=O) groups excluding carboxylic acids is 1. The second-order valence-electron chi connectivity index (χ2n) is 6.07. The van der Waals surface area contributed by atoms with E-state index in [-0.39, 0.29) is 23.5 Å². The van der Waals surface area contributed by atoms with Crippen molar-refractivity contribution >= 4 is 27.3 Å². The molecule has 1 atom stereocenters. The maximum Gasteiger partial charge on any atom is 0.253 e. The Morgan fingerprint density at radius 2 is 1.83 bits per heavy atom. The van der Waals surface area contributed by atoms with E-state index in [9.17, 15) is 13.2 Å². The summed E-state index contributed by atoms with van der Waals surface area (Å²) in [5, 5.41) is 0.479. The fraction of sp³-hybridized carbons (Fsp3) is 0.278. The Balaban J connectivity index is 1.89. The highest BCUT2D eigenvalue weighted by Gasteiger charge is 2.33. The lowest BCUT2D eigenvalue weighted by Crippen LogP contribution is -2.37. The molecule has 0 saturated carbocycles. The normalized spacial score (nSPS) is 19.2. The van der Waals surface area contributed by atoms with E-state index in [0.717, 1.165) is 11.1 Å². The van der Waals surface area contributed by atoms with E-state index in [1.165, 1.54) is 4.90 Å². The van der Waals surface area contributed by atoms with Gasteiger partial charge >= 0.3 is 0 Å². The van der Waals surface area contributed by atoms with Crippen LogP contribution in [-0.2, 0) is 9.84 Å². The lowest BCUT2D eigenvalue weighted by Gasteiger charge is -2.23. The minimum atomic E-state index is -3.04. The molecule has 1 amide bonds. The lowest BCUT2D eigenvalue weighted by molar-refractivity contribution is 0.0747. The smallest absolute Gasteiger partial charge is 0.253 e. The third kappa shape index (κ3) is 3.62. The number of carbonyl (C=O) groups is 1. The predicted molar refractivity (Wildman–Crippen MR) is 96.0 cm³/mol. The summed E-state index contributed by atoms with van der Waals surface area (Å²) < 4.78 is 23.3. The van der Waals surface area contributed by atoms with Gasteiger partial charge in [0.25, 0.3) is 5.91 Å². The Hall–Kier alpha value is -1.85. The van der Waals surface area contributed by atoms with Crippen molar-refractivity contribution in [3.63, 3.8) is 0 Å². The lowest BCUT2D eigenvalue weighted by atomic mass is 10.0. The van der Waals surface area contributed by atoms with Crippen molar-refractivity contribution in [2.24, 2.45) is 0 Å². The Kier molecular flexibility index (Phi) is 4.65. The van der Waals surface area contributed by atoms with E-state index < -0.39 is 9.84 Å². The van der Waals surface area contributed by atoms with Crippen LogP contribution in [0.5, 0.6) is 0 Å². The van der Waals surface area contributed by atoms with Crippen molar-refractivity contribution in [2.45, 2.75) is 12.5 Å². The molecule has 0 N–H and O–H groups in total. The van der Waals surface area contributed by atoms with E-state index in [2.05, 4.69) is 0 Å². The molecule has 0 radical (unpaired) electrons. The van der Waals surface area contributed by atoms with E-state index in [1.807, 2.05) is 36.4 Å². The standard InChI is InChI=1S/C18H18ClNO3S/c1-20(17-7-8-24(22,23)12-17)18(21)15-9-14(10-16(19)11-15)13-5-3-2-4-6-13/h2-6,9-11,17H,7-8,12H2,1H3. The van der Waals surface area contributed by atoms with Gasteiger partial charge in [0.15, 0.2) is 9.84 Å². The fourth-order valence-corrected chi connectivity index (χ4v) is 4.97. The molecule has 0 aromatic heterocycles. The highest BCUT2D eigenvalue weighted by molar-refractivity contribution is 7.91. The van der Waals surface area contributed by atoms with Crippen LogP contribution < -0.4 is 0 Å². The van der Waals surface area contributed by atoms with Crippen LogP contribution in [0, 0.1) is 0 Å². The van der Waals surface area contributed by atoms with Gasteiger partial charge in [-0.05, 0) is 35.7 Å². The molecule has 6 heteroatoms. The first-order valence-electron chi connectivity index (χ1n) is 7.69. The summed E-state index contributed by atoms with van der Waals surface area (Å²) in [5.41, 5.74) is 2.30. The van der Waals surface area contributed by atoms with Crippen LogP contribution in [0.1, 0.15) is 16.8 Å². The molecule has 126 valence electrons. The van der Waals surface area contributed by atoms with Gasteiger partial charge in [0, 0.05) is 23.7 Å². The Bertz CT molecular complexity index is 865. The molecule has 24 heavy (non-hydrogen) atoms. The Morgan fingerprint density at radius 3 is 2.46 bits per heavy atom. The van der Waals surface area contributed by atoms with E-state index >= 15 is 0 Å². The maximum atomic E-state index is 12.8. The third-order valence-electron chi connectivity index (χ3n) is 4.33. The minimum absolute atomic E-state index is 0.0291. The zero-order chi connectivity index (χ0) is 17.3. The molecule has 2 aromatic rings. The second-order valence-corrected chi connectivity index (χ2v) is 8.73. The zero-order valence-electron chi connectivity index (χ0n) is 13.3. The summed E-state index contributed by atoms with van der Waals surface area (Å²) in [4.78, 5) is 14.3. The molecular weight excluding hydrogens is 346 g/mol. The first-order chi connectivity index (χ1) is 11.4. The number of nitrogens with zero attached hydrogens (tertiary/aromatic N) is 1. The van der Waals surface area contributed by atoms with Gasteiger partial charge < -0.3 is 4.90 Å². The van der Waals surface area contributed by atoms with Crippen molar-refractivity contribution in [1.29, 1.82) is 0 Å². The average molecular weight is 364 g/mol. The van der Waals surface area contributed by atoms with Gasteiger partial charge in [-0.25, -0.2) is 8.42 Å². The molecule has 1 saturated heterocycles. The number of sulfone groups is 1. The summed E-state index contributed by atoms with van der Waals surface area (Å²) in [7, 11) is -1.39. The number of rotatable bonds is 3. The minimum Gasteiger partial charge on any atom is -0.338 e. The largest absolute Gasteiger partial charge is 0.338 e. The predicted octanol–water partition coefficient (Wildman–Crippen LogP) is 3.27. The summed E-state index contributed by atoms with van der Waals surface area (Å²) in [5.74, 6) is -0.0432. The molecule has 2 aromatic carbocycles. The first-order valence-corrected chi connectivity index (χ1v) is 9.89. The van der Waals surface area contributed by atoms with Crippen LogP contribution in [0.25, 0.3) is 11.1 Å². The van der Waals surface area contributed by atoms with Crippen molar-refractivity contribution in [3.8, 4) is 11.1 Å². The monoisotopic (exact) mass is 363 g/mol. The first kappa shape index (κ1) is 17.0. The van der Waals surface area contributed by atoms with E-state index in [1.54, 1.807) is 19.2 Å². The van der Waals surface area contributed by atoms with Crippen LogP contribution in [0.15, 0.2) is 48.5 Å². The molecule has 1 unspecified atom stereocenters. The molecule has 1 heterocycles. The molecule has 0 spiro atoms. The molecule has 3 rings (SSSR count). The van der Waals surface area contributed by atoms with Gasteiger partial charge in [-0.2, -0.15) is 0 Å². The zero-order valence-corrected chi connectivity index (χ0v) is 14.8. The van der Waals surface area contributed by atoms with E-state index in [4.69, 9.17) is 11.6 Å². The van der Waals surface area contributed by atoms with Gasteiger partial charge in [0.1, 0.15) is 0 Å². The number of hydrogen-bond donors (Lipinski definition) is 0. The number of amides is 1. The summed E-state index contributed by atoms with van der Waals surface area (Å²) >= 11 is 6.19. The van der Waals surface area contributed by atoms with Gasteiger partial charge in [0.2, 0.25) is 0 Å². The number of hydrogen-bond acceptors (Lipinski definition) is 3. The highest BCUT2D eigenvalue weighted by Crippen LogP contribution is 2.26. The number of benzene rings is 2. The Morgan fingerprint density at radius 1 is 1.12 bits per heavy atom. The van der Waals surface area contributed by atoms with E-state index in [0.29, 0.717) is 17.0 Å². The molecule has 4 nitrogen and oxygen atoms in total. The summed E-state index contributed by atoms with van der Waals surface area (Å²) in [6.07, 6.45) is 0.483. The molecule has 1 fully saturated rings. The van der Waals surface area contributed by atoms with Crippen molar-refractivity contribution in [3.05, 3.63) is 59.1 Å². The molecule has 0 aliphatic carbocycles. The summed E-state index contributed by atoms with van der Waals surface area (Å²) in [6, 6.07) is 14.6. The SMILES string of the molecule is CN(C(=O)c1cc(Cl)cc(-c2ccccc2)c1)C1CCS(=O)(=O)C1. The fourth-order valence-electron chi connectivity index (χ4n) is 2.96. The van der Waals surface area contributed by atoms with Crippen molar-refractivity contribution < 1.29 is 13.2 Å². The topological polar surface area (TPSA) is 54.5 Å². The molecular formula is C18H18ClNO3S. The van der Waals surface area contributed by atoms with Gasteiger partial charge in [-0.3, -0.25) is 4.79 Å². The molecule has 1 aliphatic heterocycles. The Labute approximate surface area is 147 Å². The molecule has 0 bridgehead atoms. The van der Waals surface area contributed by atoms with Crippen molar-refractivity contribution in [2.75, 3.05) is 18.6 Å². The average Bonchev–Trinajstić information content (AvgIpc) is 2.93. The highest BCUT2D eigenvalue weighted by atomic mass is 35.5.